The minimum absolute atomic E-state index is 0.0101. The van der Waals surface area contributed by atoms with Gasteiger partial charge in [0.2, 0.25) is 0 Å². The smallest absolute Gasteiger partial charge is 0.319 e. The molecule has 0 unspecified atom stereocenters. The zero-order chi connectivity index (χ0) is 22.9. The molecule has 0 spiro atoms. The van der Waals surface area contributed by atoms with Gasteiger partial charge in [-0.3, -0.25) is 4.79 Å². The number of thiophene rings is 1. The molecule has 1 saturated heterocycles. The lowest BCUT2D eigenvalue weighted by Crippen LogP contribution is -2.37. The summed E-state index contributed by atoms with van der Waals surface area (Å²) < 4.78 is 5.82. The van der Waals surface area contributed by atoms with Crippen LogP contribution >= 0.6 is 11.3 Å². The number of hydrogen-bond acceptors (Lipinski definition) is 5. The van der Waals surface area contributed by atoms with Crippen molar-refractivity contribution in [2.24, 2.45) is 0 Å². The summed E-state index contributed by atoms with van der Waals surface area (Å²) in [6.07, 6.45) is 4.03. The average molecular weight is 459 g/mol. The van der Waals surface area contributed by atoms with Gasteiger partial charge >= 0.3 is 6.03 Å². The highest BCUT2D eigenvalue weighted by atomic mass is 32.1. The van der Waals surface area contributed by atoms with Gasteiger partial charge in [-0.15, -0.1) is 11.3 Å². The summed E-state index contributed by atoms with van der Waals surface area (Å²) in [5.41, 5.74) is 2.70. The number of nitrogens with one attached hydrogen (secondary N) is 2. The third kappa shape index (κ3) is 6.71. The van der Waals surface area contributed by atoms with Gasteiger partial charge in [-0.25, -0.2) is 4.79 Å². The van der Waals surface area contributed by atoms with Gasteiger partial charge in [0.25, 0.3) is 5.91 Å². The first kappa shape index (κ1) is 24.1. The molecular weight excluding hydrogens is 424 g/mol. The van der Waals surface area contributed by atoms with Gasteiger partial charge in [-0.05, 0) is 54.5 Å². The zero-order valence-electron chi connectivity index (χ0n) is 19.2. The average Bonchev–Trinajstić information content (AvgIpc) is 3.47. The third-order valence-electron chi connectivity index (χ3n) is 5.46. The fraction of sp³-hybridized carbons (Fsp3) is 0.500. The van der Waals surface area contributed by atoms with Crippen LogP contribution in [0.1, 0.15) is 47.8 Å². The van der Waals surface area contributed by atoms with Crippen LogP contribution in [0.15, 0.2) is 35.7 Å². The maximum absolute atomic E-state index is 13.3. The van der Waals surface area contributed by atoms with Crippen molar-refractivity contribution in [2.75, 3.05) is 44.0 Å². The number of unbranched alkanes of at least 4 members (excludes halogenated alkanes) is 1. The summed E-state index contributed by atoms with van der Waals surface area (Å²) >= 11 is 1.45. The van der Waals surface area contributed by atoms with E-state index in [0.29, 0.717) is 25.3 Å². The number of carbonyl (C=O) groups is 2. The molecule has 1 fully saturated rings. The molecule has 1 aromatic carbocycles. The topological polar surface area (TPSA) is 73.9 Å². The Morgan fingerprint density at radius 3 is 2.75 bits per heavy atom. The first-order valence-corrected chi connectivity index (χ1v) is 12.2. The molecule has 0 saturated carbocycles. The Balaban J connectivity index is 1.80. The Morgan fingerprint density at radius 2 is 2.09 bits per heavy atom. The molecule has 32 heavy (non-hydrogen) atoms. The molecule has 2 N–H and O–H groups in total. The van der Waals surface area contributed by atoms with Gasteiger partial charge in [0.05, 0.1) is 11.0 Å². The standard InChI is InChI=1S/C24H34N4O3S/c1-4-5-12-25-24(30)26-19-10-11-21(27(2)3)18(15-19)16-28(17-20-8-6-13-31-20)23(29)22-9-7-14-32-22/h7,9-11,14-15,20H,4-6,8,12-13,16-17H2,1-3H3,(H2,25,26,30)/t20-/m1/s1. The van der Waals surface area contributed by atoms with Gasteiger partial charge in [0, 0.05) is 51.7 Å². The van der Waals surface area contributed by atoms with Gasteiger partial charge < -0.3 is 25.2 Å². The second-order valence-corrected chi connectivity index (χ2v) is 9.22. The lowest BCUT2D eigenvalue weighted by molar-refractivity contribution is 0.0511. The first-order valence-electron chi connectivity index (χ1n) is 11.3. The molecule has 7 nitrogen and oxygen atoms in total. The minimum Gasteiger partial charge on any atom is -0.377 e. The SMILES string of the molecule is CCCCNC(=O)Nc1ccc(N(C)C)c(CN(C[C@H]2CCCO2)C(=O)c2cccs2)c1. The molecule has 1 atom stereocenters. The quantitative estimate of drug-likeness (QED) is 0.512. The van der Waals surface area contributed by atoms with Crippen LogP contribution in [0.25, 0.3) is 0 Å². The molecule has 1 aliphatic rings. The number of rotatable bonds is 10. The van der Waals surface area contributed by atoms with E-state index in [4.69, 9.17) is 4.74 Å². The molecule has 8 heteroatoms. The van der Waals surface area contributed by atoms with Crippen molar-refractivity contribution < 1.29 is 14.3 Å². The Hall–Kier alpha value is -2.58. The number of ether oxygens (including phenoxy) is 1. The first-order chi connectivity index (χ1) is 15.5. The molecule has 3 amide bonds. The van der Waals surface area contributed by atoms with E-state index in [-0.39, 0.29) is 18.0 Å². The predicted octanol–water partition coefficient (Wildman–Crippen LogP) is 4.56. The van der Waals surface area contributed by atoms with Gasteiger partial charge in [0.15, 0.2) is 0 Å². The molecule has 1 aliphatic heterocycles. The number of benzene rings is 1. The highest BCUT2D eigenvalue weighted by molar-refractivity contribution is 7.12. The van der Waals surface area contributed by atoms with E-state index < -0.39 is 0 Å². The summed E-state index contributed by atoms with van der Waals surface area (Å²) in [6.45, 7) is 4.48. The Morgan fingerprint density at radius 1 is 1.25 bits per heavy atom. The molecule has 2 aromatic rings. The van der Waals surface area contributed by atoms with Crippen LogP contribution < -0.4 is 15.5 Å². The second kappa shape index (κ2) is 11.9. The van der Waals surface area contributed by atoms with E-state index in [1.165, 1.54) is 11.3 Å². The van der Waals surface area contributed by atoms with Gasteiger partial charge in [0.1, 0.15) is 0 Å². The van der Waals surface area contributed by atoms with Gasteiger partial charge in [-0.2, -0.15) is 0 Å². The molecule has 3 rings (SSSR count). The summed E-state index contributed by atoms with van der Waals surface area (Å²) in [6, 6.07) is 9.38. The fourth-order valence-electron chi connectivity index (χ4n) is 3.80. The van der Waals surface area contributed by atoms with Crippen molar-refractivity contribution in [3.8, 4) is 0 Å². The Labute approximate surface area is 194 Å². The van der Waals surface area contributed by atoms with Crippen LogP contribution in [0.2, 0.25) is 0 Å². The number of anilines is 2. The molecule has 0 bridgehead atoms. The molecule has 174 valence electrons. The lowest BCUT2D eigenvalue weighted by atomic mass is 10.1. The van der Waals surface area contributed by atoms with Crippen LogP contribution in [-0.4, -0.2) is 56.7 Å². The number of hydrogen-bond donors (Lipinski definition) is 2. The summed E-state index contributed by atoms with van der Waals surface area (Å²) in [5.74, 6) is 0.0101. The van der Waals surface area contributed by atoms with Crippen molar-refractivity contribution in [1.29, 1.82) is 0 Å². The molecule has 0 radical (unpaired) electrons. The maximum Gasteiger partial charge on any atom is 0.319 e. The van der Waals surface area contributed by atoms with Crippen molar-refractivity contribution in [2.45, 2.75) is 45.3 Å². The number of carbonyl (C=O) groups excluding carboxylic acids is 2. The van der Waals surface area contributed by atoms with E-state index in [1.807, 2.05) is 59.6 Å². The highest BCUT2D eigenvalue weighted by Gasteiger charge is 2.25. The van der Waals surface area contributed by atoms with Crippen LogP contribution in [-0.2, 0) is 11.3 Å². The van der Waals surface area contributed by atoms with Crippen molar-refractivity contribution >= 4 is 34.6 Å². The summed E-state index contributed by atoms with van der Waals surface area (Å²) in [7, 11) is 3.96. The largest absolute Gasteiger partial charge is 0.377 e. The van der Waals surface area contributed by atoms with Crippen molar-refractivity contribution in [3.05, 3.63) is 46.2 Å². The Kier molecular flexibility index (Phi) is 8.93. The van der Waals surface area contributed by atoms with Gasteiger partial charge in [-0.1, -0.05) is 19.4 Å². The van der Waals surface area contributed by atoms with Crippen LogP contribution in [0, 0.1) is 0 Å². The normalized spacial score (nSPS) is 15.4. The highest BCUT2D eigenvalue weighted by Crippen LogP contribution is 2.27. The van der Waals surface area contributed by atoms with Crippen LogP contribution in [0.4, 0.5) is 16.2 Å². The predicted molar refractivity (Wildman–Crippen MR) is 131 cm³/mol. The van der Waals surface area contributed by atoms with E-state index in [9.17, 15) is 9.59 Å². The minimum atomic E-state index is -0.215. The molecule has 1 aromatic heterocycles. The number of urea groups is 1. The van der Waals surface area contributed by atoms with Crippen LogP contribution in [0.3, 0.4) is 0 Å². The van der Waals surface area contributed by atoms with E-state index in [1.54, 1.807) is 0 Å². The van der Waals surface area contributed by atoms with E-state index >= 15 is 0 Å². The fourth-order valence-corrected chi connectivity index (χ4v) is 4.49. The van der Waals surface area contributed by atoms with E-state index in [2.05, 4.69) is 17.6 Å². The lowest BCUT2D eigenvalue weighted by Gasteiger charge is -2.28. The molecule has 2 heterocycles. The molecular formula is C24H34N4O3S. The Bertz CT molecular complexity index is 879. The van der Waals surface area contributed by atoms with Crippen LogP contribution in [0.5, 0.6) is 0 Å². The summed E-state index contributed by atoms with van der Waals surface area (Å²) in [5, 5.41) is 7.71. The van der Waals surface area contributed by atoms with Crippen molar-refractivity contribution in [3.63, 3.8) is 0 Å². The molecule has 0 aliphatic carbocycles. The maximum atomic E-state index is 13.3. The third-order valence-corrected chi connectivity index (χ3v) is 6.32. The second-order valence-electron chi connectivity index (χ2n) is 8.27. The summed E-state index contributed by atoms with van der Waals surface area (Å²) in [4.78, 5) is 30.1. The zero-order valence-corrected chi connectivity index (χ0v) is 20.0. The van der Waals surface area contributed by atoms with E-state index in [0.717, 1.165) is 48.4 Å². The number of amides is 3. The number of nitrogens with zero attached hydrogens (tertiary/aromatic N) is 2. The monoisotopic (exact) mass is 458 g/mol. The van der Waals surface area contributed by atoms with Crippen molar-refractivity contribution in [1.82, 2.24) is 10.2 Å².